The van der Waals surface area contributed by atoms with E-state index < -0.39 is 48.4 Å². The van der Waals surface area contributed by atoms with E-state index in [1.54, 1.807) is 5.32 Å². The summed E-state index contributed by atoms with van der Waals surface area (Å²) in [5.74, 6) is -27.2. The van der Waals surface area contributed by atoms with Crippen LogP contribution in [0.4, 0.5) is 44.3 Å². The Bertz CT molecular complexity index is 464. The molecule has 1 unspecified atom stereocenters. The summed E-state index contributed by atoms with van der Waals surface area (Å²) in [6, 6.07) is -1.35. The Morgan fingerprint density at radius 3 is 1.70 bits per heavy atom. The standard InChI is InChI=1S/C9H9F9N2O3/c1-19-5(23)20-2-3(4(21)22)6(10,11)7(12,13)8(14,15)9(16,17)18/h3H,2H2,1H3,(H,21,22)(H2,19,20,23). The predicted octanol–water partition coefficient (Wildman–Crippen LogP) is 2.08. The molecular formula is C9H9F9N2O3. The third-order valence-electron chi connectivity index (χ3n) is 2.60. The summed E-state index contributed by atoms with van der Waals surface area (Å²) >= 11 is 0. The number of carbonyl (C=O) groups is 2. The summed E-state index contributed by atoms with van der Waals surface area (Å²) in [5.41, 5.74) is 0. The number of hydrogen-bond donors (Lipinski definition) is 3. The van der Waals surface area contributed by atoms with Crippen molar-refractivity contribution in [2.24, 2.45) is 5.92 Å². The molecule has 0 spiro atoms. The highest BCUT2D eigenvalue weighted by atomic mass is 19.4. The zero-order chi connectivity index (χ0) is 18.9. The molecule has 0 radical (unpaired) electrons. The van der Waals surface area contributed by atoms with Gasteiger partial charge < -0.3 is 15.7 Å². The molecular weight excluding hydrogens is 355 g/mol. The molecule has 3 N–H and O–H groups in total. The van der Waals surface area contributed by atoms with Gasteiger partial charge in [0.2, 0.25) is 0 Å². The molecule has 1 atom stereocenters. The first kappa shape index (κ1) is 21.1. The first-order valence-electron chi connectivity index (χ1n) is 5.42. The van der Waals surface area contributed by atoms with Crippen LogP contribution in [0.5, 0.6) is 0 Å². The third-order valence-corrected chi connectivity index (χ3v) is 2.60. The predicted molar refractivity (Wildman–Crippen MR) is 54.5 cm³/mol. The Hall–Kier alpha value is -1.89. The molecule has 136 valence electrons. The zero-order valence-corrected chi connectivity index (χ0v) is 10.9. The molecule has 0 fully saturated rings. The minimum atomic E-state index is -7.20. The van der Waals surface area contributed by atoms with Crippen LogP contribution in [-0.4, -0.2) is 54.6 Å². The smallest absolute Gasteiger partial charge is 0.460 e. The van der Waals surface area contributed by atoms with Crippen molar-refractivity contribution < 1.29 is 54.2 Å². The van der Waals surface area contributed by atoms with Gasteiger partial charge in [-0.3, -0.25) is 4.79 Å². The summed E-state index contributed by atoms with van der Waals surface area (Å²) in [6.07, 6.45) is -7.06. The van der Waals surface area contributed by atoms with Crippen molar-refractivity contribution in [2.45, 2.75) is 23.9 Å². The van der Waals surface area contributed by atoms with Gasteiger partial charge in [0.15, 0.2) is 0 Å². The normalized spacial score (nSPS) is 15.0. The highest BCUT2D eigenvalue weighted by Crippen LogP contribution is 2.55. The van der Waals surface area contributed by atoms with Gasteiger partial charge in [0.25, 0.3) is 0 Å². The number of alkyl halides is 9. The van der Waals surface area contributed by atoms with Crippen LogP contribution in [0.1, 0.15) is 0 Å². The fraction of sp³-hybridized carbons (Fsp3) is 0.778. The van der Waals surface area contributed by atoms with Crippen molar-refractivity contribution in [2.75, 3.05) is 13.6 Å². The number of carboxylic acid groups (broad SMARTS) is 1. The molecule has 0 bridgehead atoms. The van der Waals surface area contributed by atoms with Crippen molar-refractivity contribution in [1.82, 2.24) is 10.6 Å². The van der Waals surface area contributed by atoms with Gasteiger partial charge >= 0.3 is 35.9 Å². The van der Waals surface area contributed by atoms with Gasteiger partial charge in [-0.15, -0.1) is 0 Å². The Morgan fingerprint density at radius 2 is 1.39 bits per heavy atom. The van der Waals surface area contributed by atoms with E-state index in [0.717, 1.165) is 7.05 Å². The minimum absolute atomic E-state index is 0.912. The van der Waals surface area contributed by atoms with Crippen LogP contribution in [0, 0.1) is 5.92 Å². The average molecular weight is 364 g/mol. The number of carbonyl (C=O) groups excluding carboxylic acids is 1. The molecule has 0 aromatic rings. The monoisotopic (exact) mass is 364 g/mol. The summed E-state index contributed by atoms with van der Waals surface area (Å²) in [5, 5.41) is 11.4. The van der Waals surface area contributed by atoms with Crippen molar-refractivity contribution in [3.05, 3.63) is 0 Å². The molecule has 0 heterocycles. The first-order chi connectivity index (χ1) is 10.0. The number of rotatable bonds is 6. The van der Waals surface area contributed by atoms with Gasteiger partial charge in [0.05, 0.1) is 0 Å². The van der Waals surface area contributed by atoms with Crippen molar-refractivity contribution >= 4 is 12.0 Å². The highest BCUT2D eigenvalue weighted by Gasteiger charge is 2.83. The molecule has 0 saturated carbocycles. The number of carboxylic acids is 1. The molecule has 0 rings (SSSR count). The number of hydrogen-bond acceptors (Lipinski definition) is 2. The number of halogens is 9. The van der Waals surface area contributed by atoms with Crippen molar-refractivity contribution in [3.8, 4) is 0 Å². The highest BCUT2D eigenvalue weighted by molar-refractivity contribution is 5.76. The topological polar surface area (TPSA) is 78.4 Å². The van der Waals surface area contributed by atoms with Crippen LogP contribution < -0.4 is 10.6 Å². The zero-order valence-electron chi connectivity index (χ0n) is 10.9. The maximum atomic E-state index is 13.4. The largest absolute Gasteiger partial charge is 0.481 e. The molecule has 2 amide bonds. The van der Waals surface area contributed by atoms with E-state index in [2.05, 4.69) is 0 Å². The first-order valence-corrected chi connectivity index (χ1v) is 5.42. The lowest BCUT2D eigenvalue weighted by Crippen LogP contribution is -2.65. The van der Waals surface area contributed by atoms with E-state index in [1.807, 2.05) is 0 Å². The number of nitrogens with one attached hydrogen (secondary N) is 2. The molecule has 23 heavy (non-hydrogen) atoms. The molecule has 0 aliphatic carbocycles. The SMILES string of the molecule is CNC(=O)NCC(C(=O)O)C(F)(F)C(F)(F)C(F)(F)C(F)(F)F. The number of amides is 2. The Labute approximate surface area is 121 Å². The van der Waals surface area contributed by atoms with Crippen LogP contribution >= 0.6 is 0 Å². The lowest BCUT2D eigenvalue weighted by Gasteiger charge is -2.36. The van der Waals surface area contributed by atoms with E-state index in [1.165, 1.54) is 5.32 Å². The summed E-state index contributed by atoms with van der Waals surface area (Å²) in [6.45, 7) is -1.83. The summed E-state index contributed by atoms with van der Waals surface area (Å²) < 4.78 is 114. The maximum Gasteiger partial charge on any atom is 0.460 e. The van der Waals surface area contributed by atoms with Gasteiger partial charge in [-0.1, -0.05) is 0 Å². The van der Waals surface area contributed by atoms with Gasteiger partial charge in [-0.2, -0.15) is 39.5 Å². The summed E-state index contributed by atoms with van der Waals surface area (Å²) in [7, 11) is 0.912. The molecule has 0 aliphatic rings. The van der Waals surface area contributed by atoms with Crippen LogP contribution in [0.2, 0.25) is 0 Å². The van der Waals surface area contributed by atoms with E-state index in [9.17, 15) is 49.1 Å². The second kappa shape index (κ2) is 6.31. The van der Waals surface area contributed by atoms with Crippen molar-refractivity contribution in [3.63, 3.8) is 0 Å². The molecule has 5 nitrogen and oxygen atoms in total. The van der Waals surface area contributed by atoms with Gasteiger partial charge in [-0.05, 0) is 0 Å². The average Bonchev–Trinajstić information content (AvgIpc) is 2.35. The molecule has 0 aromatic carbocycles. The minimum Gasteiger partial charge on any atom is -0.481 e. The lowest BCUT2D eigenvalue weighted by molar-refractivity contribution is -0.401. The fourth-order valence-corrected chi connectivity index (χ4v) is 1.26. The lowest BCUT2D eigenvalue weighted by atomic mass is 9.91. The quantitative estimate of drug-likeness (QED) is 0.632. The van der Waals surface area contributed by atoms with E-state index in [4.69, 9.17) is 5.11 Å². The Balaban J connectivity index is 5.77. The third kappa shape index (κ3) is 3.72. The maximum absolute atomic E-state index is 13.4. The van der Waals surface area contributed by atoms with Gasteiger partial charge in [-0.25, -0.2) is 4.79 Å². The van der Waals surface area contributed by atoms with Crippen LogP contribution in [0.3, 0.4) is 0 Å². The van der Waals surface area contributed by atoms with E-state index in [-0.39, 0.29) is 0 Å². The van der Waals surface area contributed by atoms with E-state index in [0.29, 0.717) is 0 Å². The Kier molecular flexibility index (Phi) is 5.79. The van der Waals surface area contributed by atoms with Crippen LogP contribution in [-0.2, 0) is 4.79 Å². The second-order valence-electron chi connectivity index (χ2n) is 4.12. The fourth-order valence-electron chi connectivity index (χ4n) is 1.26. The number of urea groups is 1. The van der Waals surface area contributed by atoms with Gasteiger partial charge in [0.1, 0.15) is 5.92 Å². The molecule has 0 aromatic heterocycles. The van der Waals surface area contributed by atoms with E-state index >= 15 is 0 Å². The molecule has 0 aliphatic heterocycles. The number of aliphatic carboxylic acids is 1. The van der Waals surface area contributed by atoms with Gasteiger partial charge in [0, 0.05) is 13.6 Å². The van der Waals surface area contributed by atoms with Crippen molar-refractivity contribution in [1.29, 1.82) is 0 Å². The molecule has 14 heteroatoms. The summed E-state index contributed by atoms with van der Waals surface area (Å²) in [4.78, 5) is 21.3. The Morgan fingerprint density at radius 1 is 0.957 bits per heavy atom. The molecule has 0 saturated heterocycles. The van der Waals surface area contributed by atoms with Crippen LogP contribution in [0.15, 0.2) is 0 Å². The van der Waals surface area contributed by atoms with Crippen LogP contribution in [0.25, 0.3) is 0 Å². The second-order valence-corrected chi connectivity index (χ2v) is 4.12.